The summed E-state index contributed by atoms with van der Waals surface area (Å²) in [6.07, 6.45) is 1.56. The normalized spacial score (nSPS) is 12.2. The number of carbonyl (C=O) groups is 1. The molecule has 0 saturated heterocycles. The summed E-state index contributed by atoms with van der Waals surface area (Å²) < 4.78 is 13.2. The maximum atomic E-state index is 12.4. The van der Waals surface area contributed by atoms with Gasteiger partial charge in [-0.15, -0.1) is 5.10 Å². The number of amides is 1. The fourth-order valence-corrected chi connectivity index (χ4v) is 3.01. The van der Waals surface area contributed by atoms with Gasteiger partial charge in [-0.2, -0.15) is 0 Å². The summed E-state index contributed by atoms with van der Waals surface area (Å²) >= 11 is 9.50. The second kappa shape index (κ2) is 6.97. The van der Waals surface area contributed by atoms with Crippen LogP contribution in [-0.4, -0.2) is 27.5 Å². The minimum absolute atomic E-state index is 0.0855. The van der Waals surface area contributed by atoms with E-state index in [0.717, 1.165) is 10.0 Å². The van der Waals surface area contributed by atoms with Crippen molar-refractivity contribution in [2.24, 2.45) is 0 Å². The van der Waals surface area contributed by atoms with Crippen molar-refractivity contribution in [2.45, 2.75) is 6.54 Å². The summed E-state index contributed by atoms with van der Waals surface area (Å²) in [6, 6.07) is 11.0. The van der Waals surface area contributed by atoms with Crippen LogP contribution < -0.4 is 14.8 Å². The summed E-state index contributed by atoms with van der Waals surface area (Å²) in [5.74, 6) is 0.712. The second-order valence-electron chi connectivity index (χ2n) is 5.54. The maximum Gasteiger partial charge on any atom is 0.258 e. The summed E-state index contributed by atoms with van der Waals surface area (Å²) in [7, 11) is 0. The molecule has 1 aromatic heterocycles. The van der Waals surface area contributed by atoms with E-state index >= 15 is 0 Å². The van der Waals surface area contributed by atoms with Crippen LogP contribution in [0.3, 0.4) is 0 Å². The average Bonchev–Trinajstić information content (AvgIpc) is 3.26. The summed E-state index contributed by atoms with van der Waals surface area (Å²) in [5.41, 5.74) is 1.40. The van der Waals surface area contributed by atoms with Gasteiger partial charge in [0.25, 0.3) is 5.91 Å². The topological polar surface area (TPSA) is 78.3 Å². The number of nitrogens with one attached hydrogen (secondary N) is 1. The van der Waals surface area contributed by atoms with Crippen LogP contribution in [-0.2, 0) is 6.54 Å². The Kier molecular flexibility index (Phi) is 4.52. The molecule has 3 aromatic rings. The molecule has 0 bridgehead atoms. The number of rotatable bonds is 4. The number of hydrogen-bond acceptors (Lipinski definition) is 5. The van der Waals surface area contributed by atoms with Crippen molar-refractivity contribution >= 4 is 39.4 Å². The molecule has 1 amide bonds. The minimum Gasteiger partial charge on any atom is -0.454 e. The lowest BCUT2D eigenvalue weighted by Gasteiger charge is -2.05. The highest BCUT2D eigenvalue weighted by Gasteiger charge is 2.21. The molecule has 0 spiro atoms. The molecule has 1 N–H and O–H groups in total. The Bertz CT molecular complexity index is 975. The quantitative estimate of drug-likeness (QED) is 0.676. The summed E-state index contributed by atoms with van der Waals surface area (Å²) in [5, 5.41) is 7.23. The standard InChI is InChI=1S/C17H12BrClN4O3/c18-12-3-1-10(2-4-12)7-23-8-20-17(22-23)21-16(24)11-5-13(19)15-14(6-11)25-9-26-15/h1-6,8H,7,9H2,(H,21,22,24). The molecule has 0 atom stereocenters. The summed E-state index contributed by atoms with van der Waals surface area (Å²) in [4.78, 5) is 16.5. The van der Waals surface area contributed by atoms with Gasteiger partial charge < -0.3 is 9.47 Å². The molecule has 0 aliphatic carbocycles. The first-order chi connectivity index (χ1) is 12.6. The molecule has 0 saturated carbocycles. The number of halogens is 2. The van der Waals surface area contributed by atoms with Gasteiger partial charge in [-0.25, -0.2) is 9.67 Å². The third-order valence-corrected chi connectivity index (χ3v) is 4.52. The van der Waals surface area contributed by atoms with Gasteiger partial charge in [-0.3, -0.25) is 10.1 Å². The Morgan fingerprint density at radius 1 is 1.27 bits per heavy atom. The lowest BCUT2D eigenvalue weighted by atomic mass is 10.2. The lowest BCUT2D eigenvalue weighted by molar-refractivity contribution is 0.102. The minimum atomic E-state index is -0.383. The van der Waals surface area contributed by atoms with E-state index in [1.807, 2.05) is 24.3 Å². The van der Waals surface area contributed by atoms with Gasteiger partial charge in [0.15, 0.2) is 11.5 Å². The number of hydrogen-bond donors (Lipinski definition) is 1. The molecule has 2 heterocycles. The fraction of sp³-hybridized carbons (Fsp3) is 0.118. The van der Waals surface area contributed by atoms with Gasteiger partial charge in [0.2, 0.25) is 12.7 Å². The van der Waals surface area contributed by atoms with Crippen molar-refractivity contribution in [2.75, 3.05) is 12.1 Å². The second-order valence-corrected chi connectivity index (χ2v) is 6.86. The zero-order valence-electron chi connectivity index (χ0n) is 13.3. The Labute approximate surface area is 162 Å². The van der Waals surface area contributed by atoms with Gasteiger partial charge in [0.1, 0.15) is 6.33 Å². The number of ether oxygens (including phenoxy) is 2. The number of carbonyl (C=O) groups excluding carboxylic acids is 1. The number of nitrogens with zero attached hydrogens (tertiary/aromatic N) is 3. The van der Waals surface area contributed by atoms with Crippen molar-refractivity contribution in [1.82, 2.24) is 14.8 Å². The SMILES string of the molecule is O=C(Nc1ncn(Cc2ccc(Br)cc2)n1)c1cc(Cl)c2c(c1)OCO2. The molecule has 132 valence electrons. The molecule has 4 rings (SSSR count). The van der Waals surface area contributed by atoms with E-state index in [0.29, 0.717) is 28.6 Å². The van der Waals surface area contributed by atoms with Crippen LogP contribution >= 0.6 is 27.5 Å². The molecular weight excluding hydrogens is 424 g/mol. The van der Waals surface area contributed by atoms with E-state index in [1.165, 1.54) is 6.07 Å². The largest absolute Gasteiger partial charge is 0.454 e. The predicted molar refractivity (Wildman–Crippen MR) is 98.8 cm³/mol. The highest BCUT2D eigenvalue weighted by Crippen LogP contribution is 2.39. The van der Waals surface area contributed by atoms with Crippen LogP contribution in [0, 0.1) is 0 Å². The predicted octanol–water partition coefficient (Wildman–Crippen LogP) is 3.72. The van der Waals surface area contributed by atoms with Crippen LogP contribution in [0.5, 0.6) is 11.5 Å². The van der Waals surface area contributed by atoms with Crippen LogP contribution in [0.15, 0.2) is 47.2 Å². The maximum absolute atomic E-state index is 12.4. The Morgan fingerprint density at radius 3 is 2.88 bits per heavy atom. The van der Waals surface area contributed by atoms with E-state index < -0.39 is 0 Å². The fourth-order valence-electron chi connectivity index (χ4n) is 2.48. The monoisotopic (exact) mass is 434 g/mol. The van der Waals surface area contributed by atoms with Crippen LogP contribution in [0.4, 0.5) is 5.95 Å². The van der Waals surface area contributed by atoms with E-state index in [-0.39, 0.29) is 18.6 Å². The van der Waals surface area contributed by atoms with Crippen molar-refractivity contribution in [3.63, 3.8) is 0 Å². The number of fused-ring (bicyclic) bond motifs is 1. The highest BCUT2D eigenvalue weighted by atomic mass is 79.9. The van der Waals surface area contributed by atoms with Gasteiger partial charge in [-0.1, -0.05) is 39.7 Å². The van der Waals surface area contributed by atoms with E-state index in [9.17, 15) is 4.79 Å². The van der Waals surface area contributed by atoms with Crippen LogP contribution in [0.1, 0.15) is 15.9 Å². The third-order valence-electron chi connectivity index (χ3n) is 3.71. The van der Waals surface area contributed by atoms with Crippen molar-refractivity contribution in [3.8, 4) is 11.5 Å². The zero-order chi connectivity index (χ0) is 18.1. The van der Waals surface area contributed by atoms with E-state index in [4.69, 9.17) is 21.1 Å². The molecule has 2 aromatic carbocycles. The molecule has 7 nitrogen and oxygen atoms in total. The van der Waals surface area contributed by atoms with Gasteiger partial charge >= 0.3 is 0 Å². The molecule has 0 radical (unpaired) electrons. The molecule has 9 heteroatoms. The van der Waals surface area contributed by atoms with Gasteiger partial charge in [0, 0.05) is 10.0 Å². The lowest BCUT2D eigenvalue weighted by Crippen LogP contribution is -2.13. The number of benzene rings is 2. The van der Waals surface area contributed by atoms with Gasteiger partial charge in [0.05, 0.1) is 11.6 Å². The van der Waals surface area contributed by atoms with Gasteiger partial charge in [-0.05, 0) is 29.8 Å². The van der Waals surface area contributed by atoms with Crippen LogP contribution in [0.2, 0.25) is 5.02 Å². The van der Waals surface area contributed by atoms with Crippen molar-refractivity contribution in [3.05, 3.63) is 63.3 Å². The van der Waals surface area contributed by atoms with Crippen molar-refractivity contribution in [1.29, 1.82) is 0 Å². The molecule has 26 heavy (non-hydrogen) atoms. The Hall–Kier alpha value is -2.58. The number of anilines is 1. The number of aromatic nitrogens is 3. The van der Waals surface area contributed by atoms with E-state index in [1.54, 1.807) is 17.1 Å². The smallest absolute Gasteiger partial charge is 0.258 e. The molecule has 0 fully saturated rings. The Balaban J connectivity index is 1.46. The summed E-state index contributed by atoms with van der Waals surface area (Å²) in [6.45, 7) is 0.633. The molecular formula is C17H12BrClN4O3. The third kappa shape index (κ3) is 3.51. The van der Waals surface area contributed by atoms with Crippen molar-refractivity contribution < 1.29 is 14.3 Å². The zero-order valence-corrected chi connectivity index (χ0v) is 15.6. The molecule has 1 aliphatic heterocycles. The van der Waals surface area contributed by atoms with E-state index in [2.05, 4.69) is 31.3 Å². The first kappa shape index (κ1) is 16.9. The highest BCUT2D eigenvalue weighted by molar-refractivity contribution is 9.10. The average molecular weight is 436 g/mol. The molecule has 0 unspecified atom stereocenters. The first-order valence-electron chi connectivity index (χ1n) is 7.63. The first-order valence-corrected chi connectivity index (χ1v) is 8.80. The molecule has 1 aliphatic rings. The Morgan fingerprint density at radius 2 is 2.08 bits per heavy atom. The van der Waals surface area contributed by atoms with Crippen LogP contribution in [0.25, 0.3) is 0 Å².